The van der Waals surface area contributed by atoms with E-state index in [1.54, 1.807) is 12.1 Å². The summed E-state index contributed by atoms with van der Waals surface area (Å²) in [5.74, 6) is -0.527. The molecule has 0 heterocycles. The number of benzene rings is 1. The summed E-state index contributed by atoms with van der Waals surface area (Å²) in [5.41, 5.74) is 5.56. The first-order chi connectivity index (χ1) is 7.99. The number of carbonyl (C=O) groups is 2. The molecule has 6 heteroatoms. The van der Waals surface area contributed by atoms with Gasteiger partial charge in [-0.15, -0.1) is 0 Å². The molecule has 3 N–H and O–H groups in total. The van der Waals surface area contributed by atoms with Crippen molar-refractivity contribution in [1.82, 2.24) is 5.32 Å². The zero-order valence-corrected chi connectivity index (χ0v) is 12.2. The molecule has 0 unspecified atom stereocenters. The molecule has 0 atom stereocenters. The third-order valence-electron chi connectivity index (χ3n) is 2.01. The van der Waals surface area contributed by atoms with Crippen molar-refractivity contribution in [3.05, 3.63) is 32.7 Å². The summed E-state index contributed by atoms with van der Waals surface area (Å²) in [6.45, 7) is 0.436. The van der Waals surface area contributed by atoms with E-state index in [4.69, 9.17) is 5.73 Å². The van der Waals surface area contributed by atoms with Crippen molar-refractivity contribution in [2.75, 3.05) is 6.54 Å². The Labute approximate surface area is 116 Å². The Hall–Kier alpha value is -0.880. The highest BCUT2D eigenvalue weighted by Gasteiger charge is 2.06. The quantitative estimate of drug-likeness (QED) is 0.787. The lowest BCUT2D eigenvalue weighted by Gasteiger charge is -2.05. The predicted octanol–water partition coefficient (Wildman–Crippen LogP) is 2.21. The van der Waals surface area contributed by atoms with Gasteiger partial charge in [-0.3, -0.25) is 9.59 Å². The zero-order valence-electron chi connectivity index (χ0n) is 9.00. The third kappa shape index (κ3) is 5.32. The topological polar surface area (TPSA) is 72.2 Å². The van der Waals surface area contributed by atoms with Crippen LogP contribution in [0.15, 0.2) is 27.1 Å². The molecule has 4 nitrogen and oxygen atoms in total. The molecule has 0 spiro atoms. The van der Waals surface area contributed by atoms with Crippen molar-refractivity contribution >= 4 is 43.7 Å². The van der Waals surface area contributed by atoms with E-state index in [1.165, 1.54) is 0 Å². The van der Waals surface area contributed by atoms with Crippen LogP contribution in [0.2, 0.25) is 0 Å². The molecular weight excluding hydrogens is 352 g/mol. The van der Waals surface area contributed by atoms with Gasteiger partial charge in [0.05, 0.1) is 0 Å². The van der Waals surface area contributed by atoms with E-state index in [2.05, 4.69) is 37.2 Å². The fourth-order valence-electron chi connectivity index (χ4n) is 1.25. The minimum absolute atomic E-state index is 0.170. The summed E-state index contributed by atoms with van der Waals surface area (Å²) >= 11 is 6.62. The highest BCUT2D eigenvalue weighted by atomic mass is 79.9. The molecule has 0 aliphatic heterocycles. The molecule has 2 amide bonds. The van der Waals surface area contributed by atoms with Crippen LogP contribution >= 0.6 is 31.9 Å². The molecule has 0 saturated carbocycles. The van der Waals surface area contributed by atoms with Gasteiger partial charge in [-0.1, -0.05) is 31.9 Å². The lowest BCUT2D eigenvalue weighted by molar-refractivity contribution is -0.118. The molecular formula is C11H12Br2N2O2. The van der Waals surface area contributed by atoms with Gasteiger partial charge in [0, 0.05) is 27.5 Å². The Kier molecular flexibility index (Phi) is 5.64. The average Bonchev–Trinajstić information content (AvgIpc) is 2.22. The number of hydrogen-bond acceptors (Lipinski definition) is 2. The van der Waals surface area contributed by atoms with Gasteiger partial charge < -0.3 is 11.1 Å². The highest BCUT2D eigenvalue weighted by molar-refractivity contribution is 9.11. The van der Waals surface area contributed by atoms with Gasteiger partial charge in [0.15, 0.2) is 0 Å². The SMILES string of the molecule is NC(=O)CCCNC(=O)c1cc(Br)cc(Br)c1. The summed E-state index contributed by atoms with van der Waals surface area (Å²) in [4.78, 5) is 22.2. The van der Waals surface area contributed by atoms with E-state index in [-0.39, 0.29) is 18.2 Å². The van der Waals surface area contributed by atoms with Crippen LogP contribution in [0, 0.1) is 0 Å². The van der Waals surface area contributed by atoms with E-state index in [0.717, 1.165) is 8.95 Å². The third-order valence-corrected chi connectivity index (χ3v) is 2.93. The van der Waals surface area contributed by atoms with Crippen molar-refractivity contribution < 1.29 is 9.59 Å². The molecule has 1 aromatic rings. The van der Waals surface area contributed by atoms with Crippen LogP contribution in [0.3, 0.4) is 0 Å². The standard InChI is InChI=1S/C11H12Br2N2O2/c12-8-4-7(5-9(13)6-8)11(17)15-3-1-2-10(14)16/h4-6H,1-3H2,(H2,14,16)(H,15,17). The number of carbonyl (C=O) groups excluding carboxylic acids is 2. The van der Waals surface area contributed by atoms with Crippen molar-refractivity contribution in [2.45, 2.75) is 12.8 Å². The number of nitrogens with two attached hydrogens (primary N) is 1. The Morgan fingerprint density at radius 3 is 2.29 bits per heavy atom. The minimum Gasteiger partial charge on any atom is -0.370 e. The van der Waals surface area contributed by atoms with Crippen molar-refractivity contribution in [1.29, 1.82) is 0 Å². The lowest BCUT2D eigenvalue weighted by Crippen LogP contribution is -2.25. The van der Waals surface area contributed by atoms with Crippen LogP contribution in [0.4, 0.5) is 0 Å². The van der Waals surface area contributed by atoms with Crippen molar-refractivity contribution in [2.24, 2.45) is 5.73 Å². The van der Waals surface area contributed by atoms with Crippen molar-refractivity contribution in [3.8, 4) is 0 Å². The maximum Gasteiger partial charge on any atom is 0.251 e. The maximum absolute atomic E-state index is 11.7. The number of hydrogen-bond donors (Lipinski definition) is 2. The molecule has 0 fully saturated rings. The molecule has 0 aromatic heterocycles. The Bertz CT molecular complexity index is 415. The van der Waals surface area contributed by atoms with Gasteiger partial charge >= 0.3 is 0 Å². The summed E-state index contributed by atoms with van der Waals surface area (Å²) in [7, 11) is 0. The Morgan fingerprint density at radius 2 is 1.76 bits per heavy atom. The first-order valence-corrected chi connectivity index (χ1v) is 6.60. The highest BCUT2D eigenvalue weighted by Crippen LogP contribution is 2.19. The smallest absolute Gasteiger partial charge is 0.251 e. The molecule has 1 rings (SSSR count). The second kappa shape index (κ2) is 6.76. The van der Waals surface area contributed by atoms with Gasteiger partial charge in [-0.25, -0.2) is 0 Å². The fourth-order valence-corrected chi connectivity index (χ4v) is 2.55. The second-order valence-corrected chi connectivity index (χ2v) is 5.32. The van der Waals surface area contributed by atoms with Crippen LogP contribution in [-0.4, -0.2) is 18.4 Å². The lowest BCUT2D eigenvalue weighted by atomic mass is 10.2. The first kappa shape index (κ1) is 14.2. The van der Waals surface area contributed by atoms with E-state index < -0.39 is 0 Å². The Morgan fingerprint density at radius 1 is 1.18 bits per heavy atom. The maximum atomic E-state index is 11.7. The largest absolute Gasteiger partial charge is 0.370 e. The monoisotopic (exact) mass is 362 g/mol. The van der Waals surface area contributed by atoms with Gasteiger partial charge in [0.2, 0.25) is 5.91 Å². The van der Waals surface area contributed by atoms with Crippen LogP contribution < -0.4 is 11.1 Å². The summed E-state index contributed by atoms with van der Waals surface area (Å²) < 4.78 is 1.66. The number of primary amides is 1. The Balaban J connectivity index is 2.49. The molecule has 0 aliphatic carbocycles. The van der Waals surface area contributed by atoms with E-state index >= 15 is 0 Å². The minimum atomic E-state index is -0.357. The van der Waals surface area contributed by atoms with Crippen LogP contribution in [0.5, 0.6) is 0 Å². The predicted molar refractivity (Wildman–Crippen MR) is 72.6 cm³/mol. The van der Waals surface area contributed by atoms with E-state index in [0.29, 0.717) is 18.5 Å². The van der Waals surface area contributed by atoms with Crippen LogP contribution in [0.25, 0.3) is 0 Å². The molecule has 0 aliphatic rings. The summed E-state index contributed by atoms with van der Waals surface area (Å²) in [6, 6.07) is 5.31. The molecule has 0 bridgehead atoms. The van der Waals surface area contributed by atoms with Crippen LogP contribution in [-0.2, 0) is 4.79 Å². The van der Waals surface area contributed by atoms with Gasteiger partial charge in [0.1, 0.15) is 0 Å². The molecule has 17 heavy (non-hydrogen) atoms. The van der Waals surface area contributed by atoms with Gasteiger partial charge in [-0.2, -0.15) is 0 Å². The number of amides is 2. The molecule has 0 saturated heterocycles. The van der Waals surface area contributed by atoms with Crippen molar-refractivity contribution in [3.63, 3.8) is 0 Å². The number of nitrogens with one attached hydrogen (secondary N) is 1. The van der Waals surface area contributed by atoms with E-state index in [9.17, 15) is 9.59 Å². The summed E-state index contributed by atoms with van der Waals surface area (Å²) in [5, 5.41) is 2.72. The number of rotatable bonds is 5. The normalized spacial score (nSPS) is 10.0. The second-order valence-electron chi connectivity index (χ2n) is 3.48. The average molecular weight is 364 g/mol. The molecule has 1 aromatic carbocycles. The van der Waals surface area contributed by atoms with Crippen LogP contribution in [0.1, 0.15) is 23.2 Å². The molecule has 92 valence electrons. The zero-order chi connectivity index (χ0) is 12.8. The fraction of sp³-hybridized carbons (Fsp3) is 0.273. The van der Waals surface area contributed by atoms with Gasteiger partial charge in [0.25, 0.3) is 5.91 Å². The van der Waals surface area contributed by atoms with Gasteiger partial charge in [-0.05, 0) is 24.6 Å². The number of halogens is 2. The molecule has 0 radical (unpaired) electrons. The first-order valence-electron chi connectivity index (χ1n) is 5.01. The summed E-state index contributed by atoms with van der Waals surface area (Å²) in [6.07, 6.45) is 0.832. The van der Waals surface area contributed by atoms with E-state index in [1.807, 2.05) is 6.07 Å².